The molecule has 0 bridgehead atoms. The molecule has 3 N–H and O–H groups in total. The van der Waals surface area contributed by atoms with Crippen molar-refractivity contribution in [2.75, 3.05) is 6.61 Å². The lowest BCUT2D eigenvalue weighted by Gasteiger charge is -2.26. The molecule has 0 spiro atoms. The number of aromatic hydroxyl groups is 3. The molecule has 1 atom stereocenters. The molecule has 1 heterocycles. The molecule has 0 amide bonds. The van der Waals surface area contributed by atoms with Crippen LogP contribution < -0.4 is 4.74 Å². The SMILES string of the molecule is CC(C)=CCc1cc2c(cc1O)OC[C@H](c1cc(CC=C(C)C)c(O)cc1O)C2=O. The van der Waals surface area contributed by atoms with Gasteiger partial charge in [0.15, 0.2) is 5.78 Å². The molecule has 5 nitrogen and oxygen atoms in total. The maximum Gasteiger partial charge on any atom is 0.177 e. The third-order valence-electron chi connectivity index (χ3n) is 5.23. The molecule has 3 rings (SSSR count). The van der Waals surface area contributed by atoms with Crippen LogP contribution in [0.5, 0.6) is 23.0 Å². The first-order valence-corrected chi connectivity index (χ1v) is 10.0. The number of ether oxygens (including phenoxy) is 1. The minimum absolute atomic E-state index is 0.00717. The van der Waals surface area contributed by atoms with Crippen LogP contribution >= 0.6 is 0 Å². The second kappa shape index (κ2) is 8.66. The first-order chi connectivity index (χ1) is 14.2. The predicted molar refractivity (Wildman–Crippen MR) is 117 cm³/mol. The fourth-order valence-electron chi connectivity index (χ4n) is 3.47. The predicted octanol–water partition coefficient (Wildman–Crippen LogP) is 5.18. The maximum atomic E-state index is 13.3. The van der Waals surface area contributed by atoms with Gasteiger partial charge in [-0.2, -0.15) is 0 Å². The van der Waals surface area contributed by atoms with Gasteiger partial charge in [0.1, 0.15) is 29.6 Å². The summed E-state index contributed by atoms with van der Waals surface area (Å²) >= 11 is 0. The van der Waals surface area contributed by atoms with Gasteiger partial charge in [-0.15, -0.1) is 0 Å². The summed E-state index contributed by atoms with van der Waals surface area (Å²) in [6.45, 7) is 7.94. The molecule has 0 fully saturated rings. The lowest BCUT2D eigenvalue weighted by molar-refractivity contribution is 0.0893. The Hall–Kier alpha value is -3.21. The minimum Gasteiger partial charge on any atom is -0.508 e. The second-order valence-corrected chi connectivity index (χ2v) is 8.22. The fourth-order valence-corrected chi connectivity index (χ4v) is 3.47. The third kappa shape index (κ3) is 4.51. The van der Waals surface area contributed by atoms with Gasteiger partial charge in [0, 0.05) is 17.7 Å². The Kier molecular flexibility index (Phi) is 6.20. The van der Waals surface area contributed by atoms with Crippen molar-refractivity contribution in [1.29, 1.82) is 0 Å². The number of allylic oxidation sites excluding steroid dienone is 4. The van der Waals surface area contributed by atoms with E-state index < -0.39 is 5.92 Å². The topological polar surface area (TPSA) is 87.0 Å². The molecule has 5 heteroatoms. The summed E-state index contributed by atoms with van der Waals surface area (Å²) in [4.78, 5) is 13.3. The van der Waals surface area contributed by atoms with Crippen LogP contribution in [0.1, 0.15) is 60.7 Å². The van der Waals surface area contributed by atoms with E-state index in [1.807, 2.05) is 39.8 Å². The van der Waals surface area contributed by atoms with Crippen molar-refractivity contribution in [2.24, 2.45) is 0 Å². The summed E-state index contributed by atoms with van der Waals surface area (Å²) in [5, 5.41) is 30.9. The molecule has 0 saturated carbocycles. The summed E-state index contributed by atoms with van der Waals surface area (Å²) in [5.41, 5.74) is 4.33. The summed E-state index contributed by atoms with van der Waals surface area (Å²) in [7, 11) is 0. The smallest absolute Gasteiger partial charge is 0.177 e. The van der Waals surface area contributed by atoms with Gasteiger partial charge >= 0.3 is 0 Å². The van der Waals surface area contributed by atoms with Crippen molar-refractivity contribution in [3.63, 3.8) is 0 Å². The number of ketones is 1. The number of benzene rings is 2. The van der Waals surface area contributed by atoms with E-state index >= 15 is 0 Å². The van der Waals surface area contributed by atoms with Crippen LogP contribution in [0.4, 0.5) is 0 Å². The molecule has 1 aliphatic heterocycles. The lowest BCUT2D eigenvalue weighted by atomic mass is 9.86. The molecular formula is C25H28O5. The number of phenols is 3. The van der Waals surface area contributed by atoms with Crippen LogP contribution in [0.2, 0.25) is 0 Å². The Labute approximate surface area is 177 Å². The van der Waals surface area contributed by atoms with Crippen LogP contribution in [-0.2, 0) is 12.8 Å². The zero-order valence-corrected chi connectivity index (χ0v) is 17.8. The molecule has 0 unspecified atom stereocenters. The Morgan fingerprint density at radius 2 is 1.47 bits per heavy atom. The van der Waals surface area contributed by atoms with Gasteiger partial charge in [-0.05, 0) is 63.8 Å². The van der Waals surface area contributed by atoms with E-state index in [0.717, 1.165) is 11.1 Å². The number of fused-ring (bicyclic) bond motifs is 1. The van der Waals surface area contributed by atoms with Crippen LogP contribution in [0.25, 0.3) is 0 Å². The van der Waals surface area contributed by atoms with Crippen LogP contribution in [-0.4, -0.2) is 27.7 Å². The van der Waals surface area contributed by atoms with Crippen molar-refractivity contribution < 1.29 is 24.9 Å². The van der Waals surface area contributed by atoms with E-state index in [4.69, 9.17) is 4.74 Å². The minimum atomic E-state index is -0.690. The van der Waals surface area contributed by atoms with Crippen LogP contribution in [0.15, 0.2) is 47.6 Å². The highest BCUT2D eigenvalue weighted by atomic mass is 16.5. The van der Waals surface area contributed by atoms with Gasteiger partial charge in [0.25, 0.3) is 0 Å². The molecule has 0 aliphatic carbocycles. The number of hydrogen-bond donors (Lipinski definition) is 3. The zero-order valence-electron chi connectivity index (χ0n) is 17.8. The number of Topliss-reactive ketones (excluding diaryl/α,β-unsaturated/α-hetero) is 1. The first-order valence-electron chi connectivity index (χ1n) is 10.0. The average molecular weight is 408 g/mol. The highest BCUT2D eigenvalue weighted by Crippen LogP contribution is 2.40. The number of carbonyl (C=O) groups is 1. The molecule has 0 saturated heterocycles. The van der Waals surface area contributed by atoms with E-state index in [0.29, 0.717) is 40.8 Å². The summed E-state index contributed by atoms with van der Waals surface area (Å²) < 4.78 is 5.76. The highest BCUT2D eigenvalue weighted by Gasteiger charge is 2.33. The van der Waals surface area contributed by atoms with Crippen molar-refractivity contribution >= 4 is 5.78 Å². The fraction of sp³-hybridized carbons (Fsp3) is 0.320. The van der Waals surface area contributed by atoms with Gasteiger partial charge in [-0.25, -0.2) is 0 Å². The zero-order chi connectivity index (χ0) is 22.0. The van der Waals surface area contributed by atoms with Gasteiger partial charge in [-0.1, -0.05) is 23.3 Å². The molecule has 1 aliphatic rings. The van der Waals surface area contributed by atoms with E-state index in [9.17, 15) is 20.1 Å². The Morgan fingerprint density at radius 3 is 2.07 bits per heavy atom. The van der Waals surface area contributed by atoms with Crippen LogP contribution in [0.3, 0.4) is 0 Å². The molecule has 30 heavy (non-hydrogen) atoms. The summed E-state index contributed by atoms with van der Waals surface area (Å²) in [6, 6.07) is 6.10. The van der Waals surface area contributed by atoms with Gasteiger partial charge in [0.05, 0.1) is 11.5 Å². The summed E-state index contributed by atoms with van der Waals surface area (Å²) in [6.07, 6.45) is 4.97. The largest absolute Gasteiger partial charge is 0.508 e. The highest BCUT2D eigenvalue weighted by molar-refractivity contribution is 6.05. The van der Waals surface area contributed by atoms with E-state index in [1.54, 1.807) is 12.1 Å². The van der Waals surface area contributed by atoms with E-state index in [-0.39, 0.29) is 29.6 Å². The Bertz CT molecular complexity index is 1040. The molecule has 0 aromatic heterocycles. The van der Waals surface area contributed by atoms with Crippen molar-refractivity contribution in [2.45, 2.75) is 46.5 Å². The number of phenolic OH excluding ortho intramolecular Hbond substituents is 3. The molecule has 2 aromatic carbocycles. The van der Waals surface area contributed by atoms with Crippen LogP contribution in [0, 0.1) is 0 Å². The van der Waals surface area contributed by atoms with Gasteiger partial charge < -0.3 is 20.1 Å². The lowest BCUT2D eigenvalue weighted by Crippen LogP contribution is -2.26. The standard InChI is InChI=1S/C25H28O5/c1-14(2)5-7-16-9-18(23(28)11-21(16)26)20-13-30-24-12-22(27)17(8-6-15(3)4)10-19(24)25(20)29/h5-6,9-12,20,26-28H,7-8,13H2,1-4H3/t20-/m1/s1. The monoisotopic (exact) mass is 408 g/mol. The van der Waals surface area contributed by atoms with Crippen molar-refractivity contribution in [3.05, 3.63) is 69.8 Å². The van der Waals surface area contributed by atoms with E-state index in [1.165, 1.54) is 12.1 Å². The number of carbonyl (C=O) groups excluding carboxylic acids is 1. The Morgan fingerprint density at radius 1 is 0.900 bits per heavy atom. The van der Waals surface area contributed by atoms with E-state index in [2.05, 4.69) is 0 Å². The number of hydrogen-bond acceptors (Lipinski definition) is 5. The maximum absolute atomic E-state index is 13.3. The van der Waals surface area contributed by atoms with Crippen molar-refractivity contribution in [3.8, 4) is 23.0 Å². The molecule has 0 radical (unpaired) electrons. The summed E-state index contributed by atoms with van der Waals surface area (Å²) in [5.74, 6) is -0.574. The third-order valence-corrected chi connectivity index (χ3v) is 5.23. The molecule has 2 aromatic rings. The average Bonchev–Trinajstić information content (AvgIpc) is 2.66. The van der Waals surface area contributed by atoms with Gasteiger partial charge in [-0.3, -0.25) is 4.79 Å². The Balaban J connectivity index is 1.98. The molecule has 158 valence electrons. The first kappa shape index (κ1) is 21.5. The second-order valence-electron chi connectivity index (χ2n) is 8.22. The normalized spacial score (nSPS) is 15.2. The quantitative estimate of drug-likeness (QED) is 0.594. The van der Waals surface area contributed by atoms with Gasteiger partial charge in [0.2, 0.25) is 0 Å². The number of rotatable bonds is 5. The van der Waals surface area contributed by atoms with Crippen molar-refractivity contribution in [1.82, 2.24) is 0 Å². The molecular weight excluding hydrogens is 380 g/mol.